The molecule has 7 heteroatoms. The highest BCUT2D eigenvalue weighted by Crippen LogP contribution is 2.39. The van der Waals surface area contributed by atoms with Crippen LogP contribution in [0.15, 0.2) is 24.3 Å². The molecule has 0 bridgehead atoms. The van der Waals surface area contributed by atoms with Crippen LogP contribution >= 0.6 is 0 Å². The van der Waals surface area contributed by atoms with Gasteiger partial charge in [0.05, 0.1) is 23.9 Å². The molecule has 2 aliphatic heterocycles. The zero-order valence-electron chi connectivity index (χ0n) is 17.6. The van der Waals surface area contributed by atoms with E-state index in [0.29, 0.717) is 29.7 Å². The van der Waals surface area contributed by atoms with Gasteiger partial charge in [-0.1, -0.05) is 0 Å². The zero-order valence-corrected chi connectivity index (χ0v) is 17.6. The van der Waals surface area contributed by atoms with Gasteiger partial charge in [0, 0.05) is 43.6 Å². The number of likely N-dealkylation sites (tertiary alicyclic amines) is 1. The fraction of sp³-hybridized carbons (Fsp3) is 0.435. The van der Waals surface area contributed by atoms with Crippen LogP contribution in [-0.2, 0) is 0 Å². The highest BCUT2D eigenvalue weighted by atomic mass is 19.1. The van der Waals surface area contributed by atoms with Gasteiger partial charge in [-0.05, 0) is 44.5 Å². The highest BCUT2D eigenvalue weighted by Gasteiger charge is 2.47. The van der Waals surface area contributed by atoms with Crippen LogP contribution in [0.1, 0.15) is 34.1 Å². The number of ether oxygens (including phenoxy) is 1. The van der Waals surface area contributed by atoms with Gasteiger partial charge in [-0.2, -0.15) is 5.26 Å². The van der Waals surface area contributed by atoms with Gasteiger partial charge >= 0.3 is 0 Å². The number of anilines is 1. The predicted octanol–water partition coefficient (Wildman–Crippen LogP) is 3.31. The van der Waals surface area contributed by atoms with Crippen molar-refractivity contribution in [1.29, 1.82) is 5.26 Å². The Morgan fingerprint density at radius 2 is 2.03 bits per heavy atom. The van der Waals surface area contributed by atoms with Crippen molar-refractivity contribution in [3.8, 4) is 11.8 Å². The van der Waals surface area contributed by atoms with Crippen LogP contribution in [0.25, 0.3) is 0 Å². The normalized spacial score (nSPS) is 22.7. The van der Waals surface area contributed by atoms with Crippen LogP contribution in [-0.4, -0.2) is 48.6 Å². The van der Waals surface area contributed by atoms with E-state index in [0.717, 1.165) is 30.2 Å². The van der Waals surface area contributed by atoms with Gasteiger partial charge in [-0.15, -0.1) is 0 Å². The topological polar surface area (TPSA) is 69.5 Å². The lowest BCUT2D eigenvalue weighted by Crippen LogP contribution is -2.39. The molecule has 0 saturated carbocycles. The molecule has 0 N–H and O–H groups in total. The second-order valence-corrected chi connectivity index (χ2v) is 8.24. The summed E-state index contributed by atoms with van der Waals surface area (Å²) in [5.41, 5.74) is 2.38. The van der Waals surface area contributed by atoms with Crippen molar-refractivity contribution in [2.75, 3.05) is 31.6 Å². The lowest BCUT2D eigenvalue weighted by molar-refractivity contribution is 0.0725. The number of rotatable bonds is 3. The maximum Gasteiger partial charge on any atom is 0.257 e. The zero-order chi connectivity index (χ0) is 21.6. The SMILES string of the molecule is COc1ccc(C(=O)N2C[C@H]3CN(c4cc(C)c(C#N)c(C)n4)C[C@H]3[C@@H]2C)c(F)c1. The number of carbonyl (C=O) groups excluding carboxylic acids is 1. The molecule has 2 aliphatic rings. The van der Waals surface area contributed by atoms with Crippen LogP contribution < -0.4 is 9.64 Å². The summed E-state index contributed by atoms with van der Waals surface area (Å²) >= 11 is 0. The van der Waals surface area contributed by atoms with Crippen molar-refractivity contribution in [3.05, 3.63) is 52.5 Å². The van der Waals surface area contributed by atoms with Gasteiger partial charge in [0.15, 0.2) is 0 Å². The number of methoxy groups -OCH3 is 1. The molecule has 0 spiro atoms. The fourth-order valence-electron chi connectivity index (χ4n) is 4.83. The number of nitrogens with zero attached hydrogens (tertiary/aromatic N) is 4. The summed E-state index contributed by atoms with van der Waals surface area (Å²) in [5.74, 6) is 1.05. The number of aryl methyl sites for hydroxylation is 2. The van der Waals surface area contributed by atoms with E-state index in [1.54, 1.807) is 11.0 Å². The molecule has 156 valence electrons. The standard InChI is InChI=1S/C23H25FN4O2/c1-13-7-22(26-14(2)19(13)9-25)27-10-16-11-28(15(3)20(16)12-27)23(29)18-6-5-17(30-4)8-21(18)24/h5-8,15-16,20H,10-12H2,1-4H3/t15-,16+,20-/m0/s1. The molecule has 3 atom stereocenters. The Morgan fingerprint density at radius 3 is 2.63 bits per heavy atom. The molecular formula is C23H25FN4O2. The average Bonchev–Trinajstić information content (AvgIpc) is 3.26. The summed E-state index contributed by atoms with van der Waals surface area (Å²) < 4.78 is 19.4. The quantitative estimate of drug-likeness (QED) is 0.779. The van der Waals surface area contributed by atoms with E-state index in [1.165, 1.54) is 19.2 Å². The highest BCUT2D eigenvalue weighted by molar-refractivity contribution is 5.95. The molecule has 2 saturated heterocycles. The van der Waals surface area contributed by atoms with Gasteiger partial charge in [-0.25, -0.2) is 9.37 Å². The van der Waals surface area contributed by atoms with Gasteiger partial charge in [0.1, 0.15) is 23.5 Å². The molecule has 3 heterocycles. The first-order valence-electron chi connectivity index (χ1n) is 10.1. The van der Waals surface area contributed by atoms with Crippen LogP contribution in [0.5, 0.6) is 5.75 Å². The maximum atomic E-state index is 14.4. The number of hydrogen-bond donors (Lipinski definition) is 0. The lowest BCUT2D eigenvalue weighted by atomic mass is 9.95. The number of amides is 1. The number of pyridine rings is 1. The van der Waals surface area contributed by atoms with Crippen molar-refractivity contribution >= 4 is 11.7 Å². The number of nitriles is 1. The monoisotopic (exact) mass is 408 g/mol. The minimum atomic E-state index is -0.557. The van der Waals surface area contributed by atoms with Gasteiger partial charge in [-0.3, -0.25) is 4.79 Å². The molecule has 30 heavy (non-hydrogen) atoms. The second kappa shape index (κ2) is 7.60. The van der Waals surface area contributed by atoms with E-state index < -0.39 is 5.82 Å². The second-order valence-electron chi connectivity index (χ2n) is 8.24. The van der Waals surface area contributed by atoms with E-state index in [2.05, 4.69) is 16.0 Å². The van der Waals surface area contributed by atoms with Gasteiger partial charge in [0.25, 0.3) is 5.91 Å². The fourth-order valence-corrected chi connectivity index (χ4v) is 4.83. The molecule has 2 fully saturated rings. The third-order valence-electron chi connectivity index (χ3n) is 6.52. The Bertz CT molecular complexity index is 1020. The van der Waals surface area contributed by atoms with Crippen molar-refractivity contribution in [2.45, 2.75) is 26.8 Å². The molecule has 1 aromatic carbocycles. The number of fused-ring (bicyclic) bond motifs is 1. The summed E-state index contributed by atoms with van der Waals surface area (Å²) in [7, 11) is 1.47. The third kappa shape index (κ3) is 3.26. The summed E-state index contributed by atoms with van der Waals surface area (Å²) in [6, 6.07) is 8.54. The Balaban J connectivity index is 1.50. The van der Waals surface area contributed by atoms with E-state index in [9.17, 15) is 14.4 Å². The summed E-state index contributed by atoms with van der Waals surface area (Å²) in [5, 5.41) is 9.27. The first kappa shape index (κ1) is 20.1. The average molecular weight is 408 g/mol. The molecular weight excluding hydrogens is 383 g/mol. The van der Waals surface area contributed by atoms with Crippen molar-refractivity contribution in [1.82, 2.24) is 9.88 Å². The van der Waals surface area contributed by atoms with Gasteiger partial charge < -0.3 is 14.5 Å². The summed E-state index contributed by atoms with van der Waals surface area (Å²) in [6.45, 7) is 8.01. The number of benzene rings is 1. The number of aromatic nitrogens is 1. The Morgan fingerprint density at radius 1 is 1.27 bits per heavy atom. The van der Waals surface area contributed by atoms with E-state index in [-0.39, 0.29) is 17.5 Å². The third-order valence-corrected chi connectivity index (χ3v) is 6.52. The summed E-state index contributed by atoms with van der Waals surface area (Å²) in [4.78, 5) is 21.7. The minimum absolute atomic E-state index is 0.00887. The lowest BCUT2D eigenvalue weighted by Gasteiger charge is -2.28. The van der Waals surface area contributed by atoms with Crippen LogP contribution in [0, 0.1) is 42.8 Å². The first-order chi connectivity index (χ1) is 14.3. The van der Waals surface area contributed by atoms with Crippen LogP contribution in [0.4, 0.5) is 10.2 Å². The molecule has 2 aromatic rings. The molecule has 4 rings (SSSR count). The van der Waals surface area contributed by atoms with Gasteiger partial charge in [0.2, 0.25) is 0 Å². The Labute approximate surface area is 175 Å². The number of hydrogen-bond acceptors (Lipinski definition) is 5. The van der Waals surface area contributed by atoms with Crippen molar-refractivity contribution in [2.24, 2.45) is 11.8 Å². The molecule has 0 radical (unpaired) electrons. The molecule has 0 unspecified atom stereocenters. The smallest absolute Gasteiger partial charge is 0.257 e. The van der Waals surface area contributed by atoms with Crippen LogP contribution in [0.2, 0.25) is 0 Å². The molecule has 0 aliphatic carbocycles. The predicted molar refractivity (Wildman–Crippen MR) is 111 cm³/mol. The Kier molecular flexibility index (Phi) is 5.10. The van der Waals surface area contributed by atoms with Crippen molar-refractivity contribution < 1.29 is 13.9 Å². The van der Waals surface area contributed by atoms with E-state index in [4.69, 9.17) is 4.74 Å². The summed E-state index contributed by atoms with van der Waals surface area (Å²) in [6.07, 6.45) is 0. The minimum Gasteiger partial charge on any atom is -0.497 e. The van der Waals surface area contributed by atoms with Crippen LogP contribution in [0.3, 0.4) is 0 Å². The maximum absolute atomic E-state index is 14.4. The number of halogens is 1. The van der Waals surface area contributed by atoms with E-state index >= 15 is 0 Å². The largest absolute Gasteiger partial charge is 0.497 e. The van der Waals surface area contributed by atoms with E-state index in [1.807, 2.05) is 26.8 Å². The Hall–Kier alpha value is -3.14. The number of carbonyl (C=O) groups is 1. The molecule has 1 aromatic heterocycles. The molecule has 6 nitrogen and oxygen atoms in total. The van der Waals surface area contributed by atoms with Crippen molar-refractivity contribution in [3.63, 3.8) is 0 Å². The first-order valence-corrected chi connectivity index (χ1v) is 10.1. The molecule has 1 amide bonds.